The molecule has 15 heteroatoms. The number of hydrogen-bond donors (Lipinski definition) is 2. The maximum atomic E-state index is 14.0. The Labute approximate surface area is 270 Å². The third-order valence-corrected chi connectivity index (χ3v) is 8.90. The molecule has 3 heterocycles. The van der Waals surface area contributed by atoms with Crippen LogP contribution in [-0.4, -0.2) is 43.7 Å². The largest absolute Gasteiger partial charge is 0.395 e. The second-order valence-electron chi connectivity index (χ2n) is 12.5. The molecule has 3 aromatic heterocycles. The van der Waals surface area contributed by atoms with Crippen molar-refractivity contribution in [2.45, 2.75) is 50.9 Å². The zero-order valence-corrected chi connectivity index (χ0v) is 25.9. The first-order chi connectivity index (χ1) is 22.7. The van der Waals surface area contributed by atoms with E-state index in [0.29, 0.717) is 16.3 Å². The molecule has 0 spiro atoms. The van der Waals surface area contributed by atoms with Gasteiger partial charge in [0.2, 0.25) is 0 Å². The fourth-order valence-electron chi connectivity index (χ4n) is 5.59. The second kappa shape index (κ2) is 11.6. The molecule has 0 bridgehead atoms. The van der Waals surface area contributed by atoms with Crippen molar-refractivity contribution in [1.29, 1.82) is 10.5 Å². The summed E-state index contributed by atoms with van der Waals surface area (Å²) in [5.41, 5.74) is -2.60. The van der Waals surface area contributed by atoms with Gasteiger partial charge in [0.1, 0.15) is 23.4 Å². The number of nitrogens with one attached hydrogen (secondary N) is 2. The van der Waals surface area contributed by atoms with Crippen molar-refractivity contribution < 1.29 is 22.0 Å². The third-order valence-electron chi connectivity index (χ3n) is 8.90. The van der Waals surface area contributed by atoms with Gasteiger partial charge >= 0.3 is 6.18 Å². The van der Waals surface area contributed by atoms with Crippen LogP contribution in [0.1, 0.15) is 55.1 Å². The molecule has 5 aromatic rings. The normalized spacial score (nSPS) is 14.9. The highest BCUT2D eigenvalue weighted by Crippen LogP contribution is 2.48. The Bertz CT molecular complexity index is 2200. The van der Waals surface area contributed by atoms with E-state index < -0.39 is 36.1 Å². The lowest BCUT2D eigenvalue weighted by Gasteiger charge is -2.28. The number of halogens is 5. The van der Waals surface area contributed by atoms with E-state index in [1.165, 1.54) is 29.1 Å². The first-order valence-corrected chi connectivity index (χ1v) is 14.8. The van der Waals surface area contributed by atoms with Crippen LogP contribution in [0.2, 0.25) is 0 Å². The van der Waals surface area contributed by atoms with Gasteiger partial charge in [0.15, 0.2) is 0 Å². The average molecular weight is 662 g/mol. The van der Waals surface area contributed by atoms with E-state index >= 15 is 0 Å². The van der Waals surface area contributed by atoms with Gasteiger partial charge in [-0.1, -0.05) is 17.3 Å². The molecular weight excluding hydrogens is 633 g/mol. The predicted octanol–water partition coefficient (Wildman–Crippen LogP) is 6.38. The van der Waals surface area contributed by atoms with Crippen LogP contribution in [0, 0.1) is 28.1 Å². The van der Waals surface area contributed by atoms with E-state index in [1.54, 1.807) is 37.5 Å². The number of benzene rings is 2. The molecule has 0 unspecified atom stereocenters. The minimum Gasteiger partial charge on any atom is -0.382 e. The van der Waals surface area contributed by atoms with Gasteiger partial charge in [0.05, 0.1) is 40.0 Å². The van der Waals surface area contributed by atoms with Crippen molar-refractivity contribution in [3.05, 3.63) is 87.7 Å². The maximum Gasteiger partial charge on any atom is 0.395 e. The number of alkyl halides is 5. The molecule has 6 rings (SSSR count). The van der Waals surface area contributed by atoms with Crippen LogP contribution in [0.5, 0.6) is 0 Å². The van der Waals surface area contributed by atoms with Crippen LogP contribution in [0.15, 0.2) is 59.8 Å². The van der Waals surface area contributed by atoms with Crippen molar-refractivity contribution in [3.63, 3.8) is 0 Å². The molecule has 1 atom stereocenters. The summed E-state index contributed by atoms with van der Waals surface area (Å²) in [6, 6.07) is 12.9. The number of fused-ring (bicyclic) bond motifs is 2. The molecule has 1 saturated carbocycles. The maximum absolute atomic E-state index is 14.0. The zero-order valence-electron chi connectivity index (χ0n) is 25.9. The summed E-state index contributed by atoms with van der Waals surface area (Å²) in [5, 5.41) is 35.4. The Morgan fingerprint density at radius 1 is 1.04 bits per heavy atom. The van der Waals surface area contributed by atoms with E-state index in [1.807, 2.05) is 6.07 Å². The Morgan fingerprint density at radius 3 is 2.42 bits per heavy atom. The Morgan fingerprint density at radius 2 is 1.77 bits per heavy atom. The lowest BCUT2D eigenvalue weighted by Crippen LogP contribution is -2.38. The van der Waals surface area contributed by atoms with E-state index in [9.17, 15) is 37.3 Å². The summed E-state index contributed by atoms with van der Waals surface area (Å²) in [4.78, 5) is 17.3. The van der Waals surface area contributed by atoms with Crippen molar-refractivity contribution in [1.82, 2.24) is 24.5 Å². The number of rotatable bonds is 9. The molecule has 246 valence electrons. The lowest BCUT2D eigenvalue weighted by molar-refractivity contribution is -0.206. The topological polar surface area (TPSA) is 137 Å². The number of pyridine rings is 2. The highest BCUT2D eigenvalue weighted by molar-refractivity contribution is 5.99. The van der Waals surface area contributed by atoms with Crippen LogP contribution < -0.4 is 16.2 Å². The van der Waals surface area contributed by atoms with Crippen molar-refractivity contribution in [2.75, 3.05) is 17.2 Å². The molecule has 2 aromatic carbocycles. The molecule has 0 aliphatic heterocycles. The predicted molar refractivity (Wildman–Crippen MR) is 167 cm³/mol. The van der Waals surface area contributed by atoms with Gasteiger partial charge in [-0.3, -0.25) is 9.78 Å². The molecule has 2 N–H and O–H groups in total. The van der Waals surface area contributed by atoms with Crippen molar-refractivity contribution >= 4 is 33.1 Å². The monoisotopic (exact) mass is 661 g/mol. The summed E-state index contributed by atoms with van der Waals surface area (Å²) in [6.45, 7) is 1.47. The Balaban J connectivity index is 1.52. The fourth-order valence-corrected chi connectivity index (χ4v) is 5.59. The third kappa shape index (κ3) is 5.45. The molecule has 0 saturated heterocycles. The summed E-state index contributed by atoms with van der Waals surface area (Å²) in [5.74, 6) is 0. The quantitative estimate of drug-likeness (QED) is 0.174. The molecule has 48 heavy (non-hydrogen) atoms. The van der Waals surface area contributed by atoms with Gasteiger partial charge in [-0.2, -0.15) is 23.7 Å². The average Bonchev–Trinajstić information content (AvgIpc) is 3.73. The zero-order chi connectivity index (χ0) is 34.6. The van der Waals surface area contributed by atoms with Gasteiger partial charge in [-0.15, -0.1) is 5.10 Å². The standard InChI is InChI=1S/C33H28F5N9O/c1-31(2,33(36,37)38)17-42-27-19(14-40)15-41-26-18(13-39)11-20(12-24(26)27)43-28(25-16-47(45-44-25)32(8-9-32)30(34)35)22-5-4-6-23-21(22)7-10-46(3)29(23)48/h4-7,10-12,15-16,28,30,43H,8-9,17H2,1-3H3,(H,41,42)/t28-/m0/s1. The van der Waals surface area contributed by atoms with Crippen molar-refractivity contribution in [2.24, 2.45) is 12.5 Å². The summed E-state index contributed by atoms with van der Waals surface area (Å²) in [6.07, 6.45) is -2.57. The van der Waals surface area contributed by atoms with Crippen LogP contribution in [0.4, 0.5) is 33.3 Å². The number of hydrogen-bond acceptors (Lipinski definition) is 8. The summed E-state index contributed by atoms with van der Waals surface area (Å²) < 4.78 is 71.7. The number of aryl methyl sites for hydroxylation is 1. The van der Waals surface area contributed by atoms with Crippen LogP contribution in [0.3, 0.4) is 0 Å². The first kappa shape index (κ1) is 32.4. The van der Waals surface area contributed by atoms with Gasteiger partial charge in [-0.25, -0.2) is 13.5 Å². The molecular formula is C33H28F5N9O. The van der Waals surface area contributed by atoms with Crippen LogP contribution in [0.25, 0.3) is 21.7 Å². The fraction of sp³-hybridized carbons (Fsp3) is 0.333. The molecule has 10 nitrogen and oxygen atoms in total. The Kier molecular flexibility index (Phi) is 7.82. The van der Waals surface area contributed by atoms with E-state index in [0.717, 1.165) is 18.5 Å². The molecule has 0 amide bonds. The summed E-state index contributed by atoms with van der Waals surface area (Å²) >= 11 is 0. The highest BCUT2D eigenvalue weighted by Gasteiger charge is 2.54. The lowest BCUT2D eigenvalue weighted by atomic mass is 9.92. The van der Waals surface area contributed by atoms with Crippen LogP contribution in [-0.2, 0) is 12.6 Å². The second-order valence-corrected chi connectivity index (χ2v) is 12.5. The summed E-state index contributed by atoms with van der Waals surface area (Å²) in [7, 11) is 1.61. The minimum absolute atomic E-state index is 0.0346. The number of anilines is 2. The van der Waals surface area contributed by atoms with E-state index in [4.69, 9.17) is 0 Å². The molecule has 1 aliphatic rings. The molecule has 0 radical (unpaired) electrons. The minimum atomic E-state index is -4.55. The van der Waals surface area contributed by atoms with E-state index in [2.05, 4.69) is 32.0 Å². The number of aromatic nitrogens is 5. The Hall–Kier alpha value is -5.57. The van der Waals surface area contributed by atoms with E-state index in [-0.39, 0.29) is 57.5 Å². The molecule has 1 fully saturated rings. The SMILES string of the molecule is Cn1ccc2c([C@H](Nc3cc(C#N)c4ncc(C#N)c(NCC(C)(C)C(F)(F)F)c4c3)c3cn(C4(C(F)F)CC4)nn3)cccc2c1=O. The van der Waals surface area contributed by atoms with Gasteiger partial charge < -0.3 is 15.2 Å². The van der Waals surface area contributed by atoms with Gasteiger partial charge in [-0.05, 0) is 61.9 Å². The smallest absolute Gasteiger partial charge is 0.382 e. The number of nitriles is 2. The molecule has 1 aliphatic carbocycles. The van der Waals surface area contributed by atoms with Crippen LogP contribution >= 0.6 is 0 Å². The highest BCUT2D eigenvalue weighted by atomic mass is 19.4. The number of nitrogens with zero attached hydrogens (tertiary/aromatic N) is 7. The van der Waals surface area contributed by atoms with Gasteiger partial charge in [0.25, 0.3) is 12.0 Å². The van der Waals surface area contributed by atoms with Crippen molar-refractivity contribution in [3.8, 4) is 12.1 Å². The first-order valence-electron chi connectivity index (χ1n) is 14.8. The van der Waals surface area contributed by atoms with Gasteiger partial charge in [0, 0.05) is 42.4 Å².